The lowest BCUT2D eigenvalue weighted by molar-refractivity contribution is 0.301. The fourth-order valence-electron chi connectivity index (χ4n) is 1.68. The van der Waals surface area contributed by atoms with Gasteiger partial charge in [0.25, 0.3) is 0 Å². The zero-order valence-electron chi connectivity index (χ0n) is 10.9. The molecule has 2 N–H and O–H groups in total. The van der Waals surface area contributed by atoms with E-state index in [1.54, 1.807) is 0 Å². The maximum absolute atomic E-state index is 9.07. The molecule has 0 unspecified atom stereocenters. The molecule has 5 nitrogen and oxygen atoms in total. The molecule has 0 bridgehead atoms. The van der Waals surface area contributed by atoms with Gasteiger partial charge in [0.15, 0.2) is 0 Å². The van der Waals surface area contributed by atoms with Crippen molar-refractivity contribution in [1.29, 1.82) is 0 Å². The van der Waals surface area contributed by atoms with Gasteiger partial charge < -0.3 is 15.3 Å². The van der Waals surface area contributed by atoms with Crippen LogP contribution in [0.2, 0.25) is 0 Å². The van der Waals surface area contributed by atoms with Gasteiger partial charge in [0.2, 0.25) is 5.95 Å². The van der Waals surface area contributed by atoms with E-state index in [1.807, 2.05) is 19.9 Å². The first-order chi connectivity index (χ1) is 8.21. The van der Waals surface area contributed by atoms with E-state index in [-0.39, 0.29) is 6.61 Å². The Morgan fingerprint density at radius 2 is 2.06 bits per heavy atom. The molecule has 1 aromatic heterocycles. The molecule has 17 heavy (non-hydrogen) atoms. The van der Waals surface area contributed by atoms with Crippen LogP contribution < -0.4 is 10.2 Å². The highest BCUT2D eigenvalue weighted by Gasteiger charge is 2.09. The number of aryl methyl sites for hydroxylation is 1. The van der Waals surface area contributed by atoms with E-state index >= 15 is 0 Å². The van der Waals surface area contributed by atoms with Crippen LogP contribution in [0.5, 0.6) is 0 Å². The van der Waals surface area contributed by atoms with Crippen LogP contribution in [-0.4, -0.2) is 41.3 Å². The molecule has 0 saturated carbocycles. The van der Waals surface area contributed by atoms with E-state index in [9.17, 15) is 0 Å². The topological polar surface area (TPSA) is 61.3 Å². The van der Waals surface area contributed by atoms with Gasteiger partial charge in [-0.3, -0.25) is 0 Å². The van der Waals surface area contributed by atoms with Crippen LogP contribution in [0.4, 0.5) is 11.8 Å². The molecule has 0 saturated heterocycles. The molecule has 1 rings (SSSR count). The summed E-state index contributed by atoms with van der Waals surface area (Å²) in [5.41, 5.74) is 0.935. The minimum Gasteiger partial charge on any atom is -0.395 e. The lowest BCUT2D eigenvalue weighted by Gasteiger charge is -2.22. The average molecular weight is 238 g/mol. The van der Waals surface area contributed by atoms with Crippen LogP contribution >= 0.6 is 0 Å². The van der Waals surface area contributed by atoms with Crippen molar-refractivity contribution in [3.8, 4) is 0 Å². The summed E-state index contributed by atoms with van der Waals surface area (Å²) in [6, 6.07) is 1.95. The number of aliphatic hydroxyl groups is 1. The van der Waals surface area contributed by atoms with E-state index in [2.05, 4.69) is 27.1 Å². The summed E-state index contributed by atoms with van der Waals surface area (Å²) in [4.78, 5) is 10.8. The Balaban J connectivity index is 2.92. The lowest BCUT2D eigenvalue weighted by atomic mass is 10.3. The third-order valence-corrected chi connectivity index (χ3v) is 2.36. The summed E-state index contributed by atoms with van der Waals surface area (Å²) in [5.74, 6) is 1.53. The number of anilines is 2. The Morgan fingerprint density at radius 3 is 2.65 bits per heavy atom. The van der Waals surface area contributed by atoms with Gasteiger partial charge in [0, 0.05) is 31.4 Å². The Labute approximate surface area is 103 Å². The van der Waals surface area contributed by atoms with E-state index in [0.29, 0.717) is 12.5 Å². The third kappa shape index (κ3) is 4.19. The third-order valence-electron chi connectivity index (χ3n) is 2.36. The van der Waals surface area contributed by atoms with Gasteiger partial charge in [0.1, 0.15) is 5.82 Å². The fraction of sp³-hybridized carbons (Fsp3) is 0.667. The van der Waals surface area contributed by atoms with Crippen molar-refractivity contribution in [3.63, 3.8) is 0 Å². The standard InChI is InChI=1S/C12H22N4O/c1-4-6-16(7-8-17)11-9-10(3)14-12(15-11)13-5-2/h9,17H,4-8H2,1-3H3,(H,13,14,15). The molecular formula is C12H22N4O. The van der Waals surface area contributed by atoms with Gasteiger partial charge in [-0.05, 0) is 20.3 Å². The summed E-state index contributed by atoms with van der Waals surface area (Å²) < 4.78 is 0. The zero-order chi connectivity index (χ0) is 12.7. The van der Waals surface area contributed by atoms with Gasteiger partial charge in [0.05, 0.1) is 6.61 Å². The van der Waals surface area contributed by atoms with Gasteiger partial charge >= 0.3 is 0 Å². The molecule has 0 radical (unpaired) electrons. The Morgan fingerprint density at radius 1 is 1.29 bits per heavy atom. The molecule has 0 aliphatic heterocycles. The summed E-state index contributed by atoms with van der Waals surface area (Å²) in [5, 5.41) is 12.2. The molecule has 0 aromatic carbocycles. The lowest BCUT2D eigenvalue weighted by Crippen LogP contribution is -2.28. The van der Waals surface area contributed by atoms with Crippen molar-refractivity contribution < 1.29 is 5.11 Å². The Kier molecular flexibility index (Phi) is 5.69. The van der Waals surface area contributed by atoms with Crippen molar-refractivity contribution in [1.82, 2.24) is 9.97 Å². The van der Waals surface area contributed by atoms with Crippen molar-refractivity contribution in [2.45, 2.75) is 27.2 Å². The van der Waals surface area contributed by atoms with Gasteiger partial charge in [-0.15, -0.1) is 0 Å². The largest absolute Gasteiger partial charge is 0.395 e. The highest BCUT2D eigenvalue weighted by molar-refractivity contribution is 5.44. The molecule has 0 aliphatic rings. The molecule has 0 atom stereocenters. The first-order valence-corrected chi connectivity index (χ1v) is 6.16. The number of aromatic nitrogens is 2. The van der Waals surface area contributed by atoms with Crippen LogP contribution in [0.15, 0.2) is 6.07 Å². The van der Waals surface area contributed by atoms with Gasteiger partial charge in [-0.2, -0.15) is 4.98 Å². The highest BCUT2D eigenvalue weighted by atomic mass is 16.3. The zero-order valence-corrected chi connectivity index (χ0v) is 10.9. The summed E-state index contributed by atoms with van der Waals surface area (Å²) in [7, 11) is 0. The molecule has 96 valence electrons. The molecule has 5 heteroatoms. The quantitative estimate of drug-likeness (QED) is 0.752. The highest BCUT2D eigenvalue weighted by Crippen LogP contribution is 2.14. The minimum absolute atomic E-state index is 0.138. The minimum atomic E-state index is 0.138. The van der Waals surface area contributed by atoms with Gasteiger partial charge in [-0.25, -0.2) is 4.98 Å². The van der Waals surface area contributed by atoms with Gasteiger partial charge in [-0.1, -0.05) is 6.92 Å². The predicted octanol–water partition coefficient (Wildman–Crippen LogP) is 1.43. The van der Waals surface area contributed by atoms with Crippen molar-refractivity contribution in [2.24, 2.45) is 0 Å². The van der Waals surface area contributed by atoms with E-state index in [0.717, 1.165) is 31.0 Å². The first kappa shape index (κ1) is 13.7. The normalized spacial score (nSPS) is 10.4. The molecule has 0 fully saturated rings. The number of nitrogens with zero attached hydrogens (tertiary/aromatic N) is 3. The van der Waals surface area contributed by atoms with E-state index in [1.165, 1.54) is 0 Å². The van der Waals surface area contributed by atoms with Crippen LogP contribution in [0, 0.1) is 6.92 Å². The fourth-order valence-corrected chi connectivity index (χ4v) is 1.68. The van der Waals surface area contributed by atoms with Crippen molar-refractivity contribution >= 4 is 11.8 Å². The molecule has 0 amide bonds. The van der Waals surface area contributed by atoms with Crippen LogP contribution in [0.3, 0.4) is 0 Å². The number of hydrogen-bond donors (Lipinski definition) is 2. The molecule has 0 spiro atoms. The van der Waals surface area contributed by atoms with E-state index in [4.69, 9.17) is 5.11 Å². The van der Waals surface area contributed by atoms with Crippen molar-refractivity contribution in [3.05, 3.63) is 11.8 Å². The predicted molar refractivity (Wildman–Crippen MR) is 70.5 cm³/mol. The average Bonchev–Trinajstić information content (AvgIpc) is 2.28. The molecule has 0 aliphatic carbocycles. The SMILES string of the molecule is CCCN(CCO)c1cc(C)nc(NCC)n1. The monoisotopic (exact) mass is 238 g/mol. The second-order valence-corrected chi connectivity index (χ2v) is 3.93. The maximum atomic E-state index is 9.07. The molecular weight excluding hydrogens is 216 g/mol. The van der Waals surface area contributed by atoms with Crippen molar-refractivity contribution in [2.75, 3.05) is 36.5 Å². The number of rotatable bonds is 7. The summed E-state index contributed by atoms with van der Waals surface area (Å²) in [6.07, 6.45) is 1.03. The molecule has 1 heterocycles. The Hall–Kier alpha value is -1.36. The van der Waals surface area contributed by atoms with Crippen LogP contribution in [0.25, 0.3) is 0 Å². The number of aliphatic hydroxyl groups excluding tert-OH is 1. The van der Waals surface area contributed by atoms with Crippen LogP contribution in [0.1, 0.15) is 26.0 Å². The summed E-state index contributed by atoms with van der Waals surface area (Å²) in [6.45, 7) is 8.52. The molecule has 1 aromatic rings. The maximum Gasteiger partial charge on any atom is 0.224 e. The summed E-state index contributed by atoms with van der Waals surface area (Å²) >= 11 is 0. The number of nitrogens with one attached hydrogen (secondary N) is 1. The van der Waals surface area contributed by atoms with Crippen LogP contribution in [-0.2, 0) is 0 Å². The number of hydrogen-bond acceptors (Lipinski definition) is 5. The first-order valence-electron chi connectivity index (χ1n) is 6.16. The second-order valence-electron chi connectivity index (χ2n) is 3.93. The second kappa shape index (κ2) is 7.06. The Bertz CT molecular complexity index is 337. The van der Waals surface area contributed by atoms with E-state index < -0.39 is 0 Å². The smallest absolute Gasteiger partial charge is 0.224 e.